The summed E-state index contributed by atoms with van der Waals surface area (Å²) in [6.07, 6.45) is 13.1. The van der Waals surface area contributed by atoms with Crippen molar-refractivity contribution in [2.45, 2.75) is 52.9 Å². The maximum Gasteiger partial charge on any atom is 0.178 e. The lowest BCUT2D eigenvalue weighted by atomic mass is 9.52. The molecule has 0 aromatic heterocycles. The fourth-order valence-corrected chi connectivity index (χ4v) is 6.84. The summed E-state index contributed by atoms with van der Waals surface area (Å²) >= 11 is 0. The van der Waals surface area contributed by atoms with E-state index < -0.39 is 0 Å². The Balaban J connectivity index is 1.75. The smallest absolute Gasteiger partial charge is 0.178 e. The van der Waals surface area contributed by atoms with Crippen LogP contribution in [0.3, 0.4) is 0 Å². The second-order valence-corrected chi connectivity index (χ2v) is 9.23. The monoisotopic (exact) mass is 354 g/mol. The molecular weight excluding hydrogens is 324 g/mol. The molecule has 2 saturated carbocycles. The SMILES string of the molecule is CC[C@@H]1C[C@H]2[C@@H]3CCC4=CC(=O)C=C[C@]4(C)C3=CC[C@]2(C)[C@H]1C(=O)CO. The van der Waals surface area contributed by atoms with Gasteiger partial charge in [-0.25, -0.2) is 0 Å². The molecule has 0 unspecified atom stereocenters. The zero-order valence-electron chi connectivity index (χ0n) is 16.1. The third-order valence-corrected chi connectivity index (χ3v) is 8.15. The van der Waals surface area contributed by atoms with Crippen molar-refractivity contribution in [2.75, 3.05) is 6.61 Å². The second kappa shape index (κ2) is 6.02. The van der Waals surface area contributed by atoms with Crippen molar-refractivity contribution >= 4 is 11.6 Å². The van der Waals surface area contributed by atoms with Gasteiger partial charge in [-0.15, -0.1) is 0 Å². The summed E-state index contributed by atoms with van der Waals surface area (Å²) in [5, 5.41) is 9.55. The van der Waals surface area contributed by atoms with Crippen LogP contribution >= 0.6 is 0 Å². The number of fused-ring (bicyclic) bond motifs is 5. The fraction of sp³-hybridized carbons (Fsp3) is 0.652. The van der Waals surface area contributed by atoms with Gasteiger partial charge in [0.1, 0.15) is 6.61 Å². The molecule has 6 atom stereocenters. The number of hydrogen-bond acceptors (Lipinski definition) is 3. The van der Waals surface area contributed by atoms with Crippen LogP contribution in [0, 0.1) is 34.5 Å². The van der Waals surface area contributed by atoms with Crippen LogP contribution in [0.25, 0.3) is 0 Å². The highest BCUT2D eigenvalue weighted by atomic mass is 16.3. The normalized spacial score (nSPS) is 43.9. The number of aliphatic hydroxyl groups excluding tert-OH is 1. The maximum atomic E-state index is 12.6. The maximum absolute atomic E-state index is 12.6. The molecule has 1 N–H and O–H groups in total. The molecule has 26 heavy (non-hydrogen) atoms. The van der Waals surface area contributed by atoms with Gasteiger partial charge in [-0.05, 0) is 67.9 Å². The van der Waals surface area contributed by atoms with E-state index >= 15 is 0 Å². The lowest BCUT2D eigenvalue weighted by molar-refractivity contribution is -0.131. The second-order valence-electron chi connectivity index (χ2n) is 9.23. The Labute approximate surface area is 156 Å². The first kappa shape index (κ1) is 17.9. The summed E-state index contributed by atoms with van der Waals surface area (Å²) < 4.78 is 0. The third kappa shape index (κ3) is 2.29. The average molecular weight is 354 g/mol. The number of ketones is 2. The number of aliphatic hydroxyl groups is 1. The van der Waals surface area contributed by atoms with Crippen LogP contribution in [-0.2, 0) is 9.59 Å². The van der Waals surface area contributed by atoms with E-state index in [0.717, 1.165) is 32.1 Å². The van der Waals surface area contributed by atoms with E-state index in [1.807, 2.05) is 6.08 Å². The molecule has 0 aromatic carbocycles. The molecule has 0 saturated heterocycles. The molecule has 0 heterocycles. The van der Waals surface area contributed by atoms with Crippen molar-refractivity contribution in [1.29, 1.82) is 0 Å². The first-order valence-corrected chi connectivity index (χ1v) is 10.1. The molecule has 4 rings (SSSR count). The first-order chi connectivity index (χ1) is 12.3. The quantitative estimate of drug-likeness (QED) is 0.779. The molecule has 0 radical (unpaired) electrons. The molecule has 0 spiro atoms. The van der Waals surface area contributed by atoms with Crippen LogP contribution in [0.2, 0.25) is 0 Å². The van der Waals surface area contributed by atoms with E-state index in [0.29, 0.717) is 17.8 Å². The molecule has 0 amide bonds. The van der Waals surface area contributed by atoms with Gasteiger partial charge in [-0.1, -0.05) is 43.6 Å². The van der Waals surface area contributed by atoms with Gasteiger partial charge in [0.2, 0.25) is 0 Å². The van der Waals surface area contributed by atoms with Gasteiger partial charge in [-0.3, -0.25) is 9.59 Å². The molecule has 0 aromatic rings. The van der Waals surface area contributed by atoms with E-state index in [4.69, 9.17) is 0 Å². The summed E-state index contributed by atoms with van der Waals surface area (Å²) in [6, 6.07) is 0. The lowest BCUT2D eigenvalue weighted by Crippen LogP contribution is -2.45. The molecule has 4 aliphatic rings. The lowest BCUT2D eigenvalue weighted by Gasteiger charge is -2.52. The van der Waals surface area contributed by atoms with Crippen molar-refractivity contribution in [2.24, 2.45) is 34.5 Å². The minimum Gasteiger partial charge on any atom is -0.389 e. The predicted octanol–water partition coefficient (Wildman–Crippen LogP) is 4.03. The summed E-state index contributed by atoms with van der Waals surface area (Å²) in [5.41, 5.74) is 2.55. The minimum atomic E-state index is -0.333. The van der Waals surface area contributed by atoms with Crippen LogP contribution < -0.4 is 0 Å². The van der Waals surface area contributed by atoms with Gasteiger partial charge in [-0.2, -0.15) is 0 Å². The fourth-order valence-electron chi connectivity index (χ4n) is 6.84. The molecule has 3 nitrogen and oxygen atoms in total. The Kier molecular flexibility index (Phi) is 4.15. The van der Waals surface area contributed by atoms with Crippen LogP contribution in [0.1, 0.15) is 52.9 Å². The molecule has 4 aliphatic carbocycles. The minimum absolute atomic E-state index is 0.0199. The number of rotatable bonds is 3. The van der Waals surface area contributed by atoms with Crippen molar-refractivity contribution in [3.05, 3.63) is 35.5 Å². The standard InChI is InChI=1S/C23H30O3/c1-4-14-11-19-17-6-5-15-12-16(25)7-9-22(15,2)18(17)8-10-23(19,3)21(14)20(26)13-24/h7-9,12,14,17,19,21,24H,4-6,10-11,13H2,1-3H3/t14-,17-,19+,21-,22+,23+/m1/s1. The van der Waals surface area contributed by atoms with E-state index in [1.54, 1.807) is 6.08 Å². The average Bonchev–Trinajstić information content (AvgIpc) is 2.94. The molecule has 2 fully saturated rings. The van der Waals surface area contributed by atoms with E-state index in [2.05, 4.69) is 32.9 Å². The molecular formula is C23H30O3. The van der Waals surface area contributed by atoms with Crippen molar-refractivity contribution in [3.63, 3.8) is 0 Å². The van der Waals surface area contributed by atoms with Crippen LogP contribution in [0.15, 0.2) is 35.5 Å². The molecule has 140 valence electrons. The molecule has 0 aliphatic heterocycles. The highest BCUT2D eigenvalue weighted by molar-refractivity contribution is 6.01. The van der Waals surface area contributed by atoms with Gasteiger partial charge < -0.3 is 5.11 Å². The number of hydrogen-bond donors (Lipinski definition) is 1. The topological polar surface area (TPSA) is 54.4 Å². The highest BCUT2D eigenvalue weighted by Gasteiger charge is 2.59. The molecule has 0 bridgehead atoms. The van der Waals surface area contributed by atoms with Crippen molar-refractivity contribution < 1.29 is 14.7 Å². The Bertz CT molecular complexity index is 743. The number of carbonyl (C=O) groups is 2. The summed E-state index contributed by atoms with van der Waals surface area (Å²) in [5.74, 6) is 1.48. The van der Waals surface area contributed by atoms with Gasteiger partial charge >= 0.3 is 0 Å². The first-order valence-electron chi connectivity index (χ1n) is 10.1. The predicted molar refractivity (Wildman–Crippen MR) is 101 cm³/mol. The zero-order valence-corrected chi connectivity index (χ0v) is 16.1. The van der Waals surface area contributed by atoms with Gasteiger partial charge in [0.05, 0.1) is 0 Å². The number of allylic oxidation sites excluding steroid dienone is 6. The van der Waals surface area contributed by atoms with E-state index in [9.17, 15) is 14.7 Å². The van der Waals surface area contributed by atoms with Crippen LogP contribution in [0.5, 0.6) is 0 Å². The van der Waals surface area contributed by atoms with Crippen molar-refractivity contribution in [3.8, 4) is 0 Å². The molecule has 3 heteroatoms. The zero-order chi connectivity index (χ0) is 18.7. The van der Waals surface area contributed by atoms with E-state index in [1.165, 1.54) is 11.1 Å². The van der Waals surface area contributed by atoms with Gasteiger partial charge in [0.25, 0.3) is 0 Å². The van der Waals surface area contributed by atoms with Gasteiger partial charge in [0, 0.05) is 11.3 Å². The summed E-state index contributed by atoms with van der Waals surface area (Å²) in [4.78, 5) is 24.4. The summed E-state index contributed by atoms with van der Waals surface area (Å²) in [6.45, 7) is 6.38. The Hall–Kier alpha value is -1.48. The van der Waals surface area contributed by atoms with E-state index in [-0.39, 0.29) is 34.9 Å². The Morgan fingerprint density at radius 1 is 1.35 bits per heavy atom. The summed E-state index contributed by atoms with van der Waals surface area (Å²) in [7, 11) is 0. The van der Waals surface area contributed by atoms with Crippen molar-refractivity contribution in [1.82, 2.24) is 0 Å². The highest BCUT2D eigenvalue weighted by Crippen LogP contribution is 2.65. The Morgan fingerprint density at radius 2 is 2.12 bits per heavy atom. The largest absolute Gasteiger partial charge is 0.389 e. The third-order valence-electron chi connectivity index (χ3n) is 8.15. The van der Waals surface area contributed by atoms with Crippen LogP contribution in [-0.4, -0.2) is 23.3 Å². The Morgan fingerprint density at radius 3 is 2.81 bits per heavy atom. The van der Waals surface area contributed by atoms with Crippen LogP contribution in [0.4, 0.5) is 0 Å². The number of Topliss-reactive ketones (excluding diaryl/α,β-unsaturated/α-hetero) is 1. The van der Waals surface area contributed by atoms with Gasteiger partial charge in [0.15, 0.2) is 11.6 Å². The number of carbonyl (C=O) groups excluding carboxylic acids is 2.